The molecule has 0 saturated carbocycles. The summed E-state index contributed by atoms with van der Waals surface area (Å²) in [5.74, 6) is -5.37. The van der Waals surface area contributed by atoms with Crippen molar-refractivity contribution in [1.82, 2.24) is 10.2 Å². The quantitative estimate of drug-likeness (QED) is 0.697. The van der Waals surface area contributed by atoms with Crippen LogP contribution in [0.1, 0.15) is 17.4 Å². The van der Waals surface area contributed by atoms with Crippen LogP contribution in [0, 0.1) is 23.3 Å². The molecule has 1 N–H and O–H groups in total. The fourth-order valence-electron chi connectivity index (χ4n) is 2.72. The summed E-state index contributed by atoms with van der Waals surface area (Å²) in [4.78, 5) is 1.73. The van der Waals surface area contributed by atoms with Crippen molar-refractivity contribution >= 4 is 0 Å². The maximum atomic E-state index is 14.2. The highest BCUT2D eigenvalue weighted by Crippen LogP contribution is 2.34. The normalized spacial score (nSPS) is 17.6. The van der Waals surface area contributed by atoms with E-state index in [0.29, 0.717) is 26.2 Å². The molecule has 0 bridgehead atoms. The Morgan fingerprint density at radius 2 is 1.68 bits per heavy atom. The molecule has 3 nitrogen and oxygen atoms in total. The maximum absolute atomic E-state index is 14.2. The average Bonchev–Trinajstić information content (AvgIpc) is 3.04. The number of furan rings is 1. The molecular formula is C15H14F4N2O. The molecule has 118 valence electrons. The van der Waals surface area contributed by atoms with Crippen LogP contribution in [0.5, 0.6) is 0 Å². The van der Waals surface area contributed by atoms with Crippen molar-refractivity contribution in [3.63, 3.8) is 0 Å². The van der Waals surface area contributed by atoms with Crippen molar-refractivity contribution in [1.29, 1.82) is 0 Å². The third-order valence-corrected chi connectivity index (χ3v) is 3.75. The fraction of sp³-hybridized carbons (Fsp3) is 0.333. The van der Waals surface area contributed by atoms with Gasteiger partial charge < -0.3 is 9.73 Å². The van der Waals surface area contributed by atoms with Gasteiger partial charge in [0.25, 0.3) is 0 Å². The Labute approximate surface area is 124 Å². The van der Waals surface area contributed by atoms with Crippen LogP contribution < -0.4 is 5.32 Å². The van der Waals surface area contributed by atoms with E-state index in [9.17, 15) is 17.6 Å². The third-order valence-electron chi connectivity index (χ3n) is 3.75. The van der Waals surface area contributed by atoms with E-state index in [4.69, 9.17) is 4.42 Å². The van der Waals surface area contributed by atoms with E-state index in [0.717, 1.165) is 0 Å². The summed E-state index contributed by atoms with van der Waals surface area (Å²) in [7, 11) is 0. The number of hydrogen-bond acceptors (Lipinski definition) is 3. The summed E-state index contributed by atoms with van der Waals surface area (Å²) < 4.78 is 60.7. The molecule has 0 aliphatic carbocycles. The van der Waals surface area contributed by atoms with Gasteiger partial charge in [-0.05, 0) is 12.1 Å². The maximum Gasteiger partial charge on any atom is 0.167 e. The topological polar surface area (TPSA) is 28.4 Å². The molecule has 1 aliphatic rings. The van der Waals surface area contributed by atoms with Gasteiger partial charge in [0.1, 0.15) is 5.76 Å². The lowest BCUT2D eigenvalue weighted by molar-refractivity contribution is 0.171. The van der Waals surface area contributed by atoms with Crippen molar-refractivity contribution in [2.75, 3.05) is 26.2 Å². The lowest BCUT2D eigenvalue weighted by atomic mass is 10.00. The van der Waals surface area contributed by atoms with Crippen molar-refractivity contribution in [3.8, 4) is 0 Å². The lowest BCUT2D eigenvalue weighted by Gasteiger charge is -2.34. The minimum atomic E-state index is -1.42. The number of halogens is 4. The van der Waals surface area contributed by atoms with Crippen molar-refractivity contribution < 1.29 is 22.0 Å². The number of rotatable bonds is 3. The van der Waals surface area contributed by atoms with Gasteiger partial charge >= 0.3 is 0 Å². The SMILES string of the molecule is Fc1cc(F)c(F)c([C@H](c2ccco2)N2CCNCC2)c1F. The Hall–Kier alpha value is -1.86. The van der Waals surface area contributed by atoms with Gasteiger partial charge in [-0.2, -0.15) is 0 Å². The van der Waals surface area contributed by atoms with Crippen LogP contribution >= 0.6 is 0 Å². The van der Waals surface area contributed by atoms with Crippen LogP contribution in [0.25, 0.3) is 0 Å². The first-order valence-corrected chi connectivity index (χ1v) is 6.90. The zero-order valence-corrected chi connectivity index (χ0v) is 11.6. The molecule has 3 rings (SSSR count). The highest BCUT2D eigenvalue weighted by atomic mass is 19.2. The van der Waals surface area contributed by atoms with Gasteiger partial charge in [0.2, 0.25) is 0 Å². The molecule has 1 aromatic carbocycles. The van der Waals surface area contributed by atoms with Crippen molar-refractivity contribution in [2.45, 2.75) is 6.04 Å². The molecule has 0 radical (unpaired) electrons. The van der Waals surface area contributed by atoms with Crippen LogP contribution in [0.15, 0.2) is 28.9 Å². The second kappa shape index (κ2) is 6.10. The minimum Gasteiger partial charge on any atom is -0.467 e. The Balaban J connectivity index is 2.14. The van der Waals surface area contributed by atoms with Crippen molar-refractivity contribution in [2.24, 2.45) is 0 Å². The standard InChI is InChI=1S/C15H14F4N2O/c16-9-8-10(17)14(19)12(13(9)18)15(11-2-1-7-22-11)21-5-3-20-4-6-21/h1-2,7-8,15,20H,3-6H2/t15-/m0/s1. The van der Waals surface area contributed by atoms with Gasteiger partial charge in [0, 0.05) is 32.2 Å². The molecule has 1 atom stereocenters. The fourth-order valence-corrected chi connectivity index (χ4v) is 2.72. The van der Waals surface area contributed by atoms with Crippen LogP contribution in [0.4, 0.5) is 17.6 Å². The first-order chi connectivity index (χ1) is 10.6. The van der Waals surface area contributed by atoms with Gasteiger partial charge in [-0.25, -0.2) is 17.6 Å². The molecule has 7 heteroatoms. The van der Waals surface area contributed by atoms with Crippen LogP contribution in [-0.2, 0) is 0 Å². The predicted molar refractivity (Wildman–Crippen MR) is 71.3 cm³/mol. The summed E-state index contributed by atoms with van der Waals surface area (Å²) in [6.07, 6.45) is 1.36. The minimum absolute atomic E-state index is 0.213. The summed E-state index contributed by atoms with van der Waals surface area (Å²) in [6.45, 7) is 2.17. The second-order valence-corrected chi connectivity index (χ2v) is 5.09. The number of hydrogen-bond donors (Lipinski definition) is 1. The summed E-state index contributed by atoms with van der Waals surface area (Å²) in [6, 6.07) is 2.30. The Kier molecular flexibility index (Phi) is 4.17. The largest absolute Gasteiger partial charge is 0.467 e. The average molecular weight is 314 g/mol. The molecule has 1 saturated heterocycles. The molecule has 0 unspecified atom stereocenters. The second-order valence-electron chi connectivity index (χ2n) is 5.09. The van der Waals surface area contributed by atoms with E-state index < -0.39 is 34.9 Å². The van der Waals surface area contributed by atoms with Gasteiger partial charge in [0.15, 0.2) is 23.3 Å². The molecule has 0 amide bonds. The van der Waals surface area contributed by atoms with E-state index in [2.05, 4.69) is 5.32 Å². The van der Waals surface area contributed by atoms with Gasteiger partial charge in [-0.15, -0.1) is 0 Å². The highest BCUT2D eigenvalue weighted by molar-refractivity contribution is 5.31. The zero-order valence-electron chi connectivity index (χ0n) is 11.6. The molecule has 0 spiro atoms. The number of nitrogens with zero attached hydrogens (tertiary/aromatic N) is 1. The first-order valence-electron chi connectivity index (χ1n) is 6.90. The van der Waals surface area contributed by atoms with E-state index in [1.54, 1.807) is 11.0 Å². The zero-order chi connectivity index (χ0) is 15.7. The number of piperazine rings is 1. The molecule has 1 aromatic heterocycles. The van der Waals surface area contributed by atoms with E-state index in [1.807, 2.05) is 0 Å². The third kappa shape index (κ3) is 2.62. The number of nitrogens with one attached hydrogen (secondary N) is 1. The summed E-state index contributed by atoms with van der Waals surface area (Å²) in [5, 5.41) is 3.11. The predicted octanol–water partition coefficient (Wildman–Crippen LogP) is 2.83. The van der Waals surface area contributed by atoms with Crippen molar-refractivity contribution in [3.05, 3.63) is 59.1 Å². The summed E-state index contributed by atoms with van der Waals surface area (Å²) in [5.41, 5.74) is -0.658. The monoisotopic (exact) mass is 314 g/mol. The highest BCUT2D eigenvalue weighted by Gasteiger charge is 2.33. The van der Waals surface area contributed by atoms with Gasteiger partial charge in [-0.3, -0.25) is 4.90 Å². The molecule has 1 aliphatic heterocycles. The van der Waals surface area contributed by atoms with Crippen LogP contribution in [0.3, 0.4) is 0 Å². The molecule has 2 aromatic rings. The van der Waals surface area contributed by atoms with E-state index in [1.165, 1.54) is 12.3 Å². The van der Waals surface area contributed by atoms with E-state index in [-0.39, 0.29) is 11.8 Å². The molecular weight excluding hydrogens is 300 g/mol. The smallest absolute Gasteiger partial charge is 0.167 e. The van der Waals surface area contributed by atoms with Gasteiger partial charge in [0.05, 0.1) is 17.9 Å². The van der Waals surface area contributed by atoms with Gasteiger partial charge in [-0.1, -0.05) is 0 Å². The molecule has 22 heavy (non-hydrogen) atoms. The lowest BCUT2D eigenvalue weighted by Crippen LogP contribution is -2.45. The Bertz CT molecular complexity index is 628. The Morgan fingerprint density at radius 1 is 1.05 bits per heavy atom. The first kappa shape index (κ1) is 15.1. The van der Waals surface area contributed by atoms with E-state index >= 15 is 0 Å². The number of benzene rings is 1. The van der Waals surface area contributed by atoms with Crippen LogP contribution in [-0.4, -0.2) is 31.1 Å². The van der Waals surface area contributed by atoms with Crippen LogP contribution in [0.2, 0.25) is 0 Å². The molecule has 2 heterocycles. The summed E-state index contributed by atoms with van der Waals surface area (Å²) >= 11 is 0. The molecule has 1 fully saturated rings. The Morgan fingerprint density at radius 3 is 2.23 bits per heavy atom.